The van der Waals surface area contributed by atoms with Gasteiger partial charge in [0.2, 0.25) is 0 Å². The number of nitro groups is 2. The molecular formula is C53H53ClF4IN13O10. The van der Waals surface area contributed by atoms with Crippen LogP contribution in [-0.2, 0) is 0 Å². The van der Waals surface area contributed by atoms with Gasteiger partial charge in [-0.15, -0.1) is 0 Å². The van der Waals surface area contributed by atoms with Crippen LogP contribution in [0.1, 0.15) is 8.29 Å². The molecule has 9 rings (SSSR count). The highest BCUT2D eigenvalue weighted by molar-refractivity contribution is 14.1. The normalized spacial score (nSPS) is 9.59. The van der Waals surface area contributed by atoms with Gasteiger partial charge in [-0.3, -0.25) is 44.7 Å². The van der Waals surface area contributed by atoms with E-state index in [9.17, 15) is 42.6 Å². The Morgan fingerprint density at radius 3 is 1.51 bits per heavy atom. The van der Waals surface area contributed by atoms with Crippen molar-refractivity contribution in [2.45, 2.75) is 6.92 Å². The number of pyridine rings is 4. The first kappa shape index (κ1) is 66.4. The maximum Gasteiger partial charge on any atom is 0.331 e. The number of nitrogens with two attached hydrogens (primary N) is 2. The number of fused-ring (bicyclic) bond motifs is 1. The Morgan fingerprint density at radius 1 is 0.646 bits per heavy atom. The molecule has 5 aromatic heterocycles. The summed E-state index contributed by atoms with van der Waals surface area (Å²) in [5.41, 5.74) is 13.3. The second kappa shape index (κ2) is 36.3. The summed E-state index contributed by atoms with van der Waals surface area (Å²) < 4.78 is 80.9. The lowest BCUT2D eigenvalue weighted by Gasteiger charge is -2.10. The zero-order valence-corrected chi connectivity index (χ0v) is 47.1. The van der Waals surface area contributed by atoms with Gasteiger partial charge in [-0.25, -0.2) is 22.4 Å². The monoisotopic (exact) mass is 1270 g/mol. The van der Waals surface area contributed by atoms with Crippen LogP contribution in [0.25, 0.3) is 16.7 Å². The molecular weight excluding hydrogens is 1220 g/mol. The Labute approximate surface area is 486 Å². The molecule has 82 heavy (non-hydrogen) atoms. The zero-order chi connectivity index (χ0) is 62.0. The Hall–Kier alpha value is -9.86. The fourth-order valence-corrected chi connectivity index (χ4v) is 6.20. The predicted molar refractivity (Wildman–Crippen MR) is 313 cm³/mol. The van der Waals surface area contributed by atoms with Crippen LogP contribution < -0.4 is 46.7 Å². The molecule has 0 saturated heterocycles. The molecule has 0 spiro atoms. The highest BCUT2D eigenvalue weighted by Crippen LogP contribution is 2.30. The van der Waals surface area contributed by atoms with E-state index in [1.165, 1.54) is 119 Å². The Morgan fingerprint density at radius 2 is 1.06 bits per heavy atom. The van der Waals surface area contributed by atoms with E-state index in [2.05, 4.69) is 35.6 Å². The number of nitrogen functional groups attached to an aromatic ring is 2. The molecule has 5 heterocycles. The van der Waals surface area contributed by atoms with Crippen molar-refractivity contribution >= 4 is 90.7 Å². The number of nitriles is 1. The number of aliphatic hydroxyl groups excluding tert-OH is 1. The van der Waals surface area contributed by atoms with Gasteiger partial charge in [-0.2, -0.15) is 5.26 Å². The molecule has 0 aliphatic carbocycles. The molecule has 29 heteroatoms. The van der Waals surface area contributed by atoms with Crippen molar-refractivity contribution in [3.05, 3.63) is 206 Å². The molecule has 0 amide bonds. The van der Waals surface area contributed by atoms with Gasteiger partial charge in [0.25, 0.3) is 0 Å². The van der Waals surface area contributed by atoms with Crippen LogP contribution in [0.2, 0.25) is 5.02 Å². The minimum absolute atomic E-state index is 0.111. The van der Waals surface area contributed by atoms with Gasteiger partial charge >= 0.3 is 17.1 Å². The number of nitrogens with one attached hydrogen (secondary N) is 3. The van der Waals surface area contributed by atoms with E-state index in [1.54, 1.807) is 60.9 Å². The molecule has 9 aromatic rings. The van der Waals surface area contributed by atoms with Gasteiger partial charge in [0.15, 0.2) is 5.82 Å². The smallest absolute Gasteiger partial charge is 0.331 e. The summed E-state index contributed by atoms with van der Waals surface area (Å²) in [6.07, 6.45) is 11.2. The quantitative estimate of drug-likeness (QED) is 0.0175. The van der Waals surface area contributed by atoms with Crippen LogP contribution >= 0.6 is 34.2 Å². The van der Waals surface area contributed by atoms with Crippen molar-refractivity contribution in [1.29, 1.82) is 5.26 Å². The Bertz CT molecular complexity index is 3610. The number of hydrogen-bond acceptors (Lipinski definition) is 19. The van der Waals surface area contributed by atoms with E-state index in [1.807, 2.05) is 22.6 Å². The van der Waals surface area contributed by atoms with E-state index in [0.717, 1.165) is 19.5 Å². The highest BCUT2D eigenvalue weighted by atomic mass is 127. The number of ether oxygens (including phenoxy) is 4. The van der Waals surface area contributed by atoms with Crippen molar-refractivity contribution in [3.8, 4) is 34.8 Å². The average molecular weight is 1270 g/mol. The number of imidazole rings is 1. The van der Waals surface area contributed by atoms with E-state index >= 15 is 0 Å². The Balaban J connectivity index is 0.000000350. The fraction of sp³-hybridized carbons (Fsp3) is 0.132. The molecule has 0 aliphatic heterocycles. The van der Waals surface area contributed by atoms with Crippen LogP contribution in [0.15, 0.2) is 151 Å². The molecule has 0 fully saturated rings. The maximum absolute atomic E-state index is 14.0. The number of aromatic nitrogens is 6. The molecule has 23 nitrogen and oxygen atoms in total. The molecule has 0 aliphatic rings. The third kappa shape index (κ3) is 21.1. The van der Waals surface area contributed by atoms with E-state index in [0.29, 0.717) is 56.0 Å². The predicted octanol–water partition coefficient (Wildman–Crippen LogP) is 11.5. The first-order valence-corrected chi connectivity index (χ1v) is 24.5. The number of nitrogens with zero attached hydrogens (tertiary/aromatic N) is 8. The molecule has 0 bridgehead atoms. The third-order valence-electron chi connectivity index (χ3n) is 9.77. The van der Waals surface area contributed by atoms with E-state index in [-0.39, 0.29) is 39.1 Å². The van der Waals surface area contributed by atoms with Crippen molar-refractivity contribution in [2.24, 2.45) is 0 Å². The van der Waals surface area contributed by atoms with Crippen molar-refractivity contribution in [3.63, 3.8) is 0 Å². The Kier molecular flexibility index (Phi) is 29.4. The summed E-state index contributed by atoms with van der Waals surface area (Å²) >= 11 is 7.39. The lowest BCUT2D eigenvalue weighted by molar-refractivity contribution is -0.385. The SMILES string of the molecule is CC#N.CO.COc1ccc(-n2c(=O)[nH]c3cnccc32)c(F)c1.COc1ccc(N)c(F)c1.COc1ccc(Nc2ccncc2N)c(F)c1.COc1ccc(Nc2ccncc2[N+](=O)[O-])c(F)c1.O=[N+]([O-])c1cnccc1Cl.[2H]CI. The van der Waals surface area contributed by atoms with Crippen LogP contribution in [0, 0.1) is 54.8 Å². The molecule has 0 saturated carbocycles. The minimum atomic E-state index is -0.587. The molecule has 4 aromatic carbocycles. The second-order valence-corrected chi connectivity index (χ2v) is 15.1. The van der Waals surface area contributed by atoms with E-state index < -0.39 is 38.8 Å². The van der Waals surface area contributed by atoms with Crippen LogP contribution in [0.5, 0.6) is 23.0 Å². The van der Waals surface area contributed by atoms with Crippen molar-refractivity contribution in [1.82, 2.24) is 29.5 Å². The maximum atomic E-state index is 14.0. The summed E-state index contributed by atoms with van der Waals surface area (Å²) in [5, 5.41) is 40.9. The molecule has 0 radical (unpaired) electrons. The van der Waals surface area contributed by atoms with Gasteiger partial charge in [0, 0.05) is 64.5 Å². The number of alkyl halides is 1. The number of halogens is 6. The summed E-state index contributed by atoms with van der Waals surface area (Å²) in [6, 6.07) is 25.3. The van der Waals surface area contributed by atoms with Gasteiger partial charge in [0.1, 0.15) is 63.6 Å². The fourth-order valence-electron chi connectivity index (χ4n) is 6.03. The minimum Gasteiger partial charge on any atom is -0.497 e. The number of H-pyrrole nitrogens is 1. The first-order valence-electron chi connectivity index (χ1n) is 23.3. The number of aromatic amines is 1. The summed E-state index contributed by atoms with van der Waals surface area (Å²) in [4.78, 5) is 49.8. The topological polar surface area (TPSA) is 333 Å². The number of methoxy groups -OCH3 is 4. The van der Waals surface area contributed by atoms with E-state index in [4.69, 9.17) is 53.8 Å². The van der Waals surface area contributed by atoms with Gasteiger partial charge < -0.3 is 51.1 Å². The van der Waals surface area contributed by atoms with Crippen LogP contribution in [-0.4, -0.2) is 84.9 Å². The highest BCUT2D eigenvalue weighted by Gasteiger charge is 2.16. The first-order chi connectivity index (χ1) is 39.8. The summed E-state index contributed by atoms with van der Waals surface area (Å²) in [7, 11) is 6.85. The molecule has 432 valence electrons. The number of anilines is 6. The van der Waals surface area contributed by atoms with Gasteiger partial charge in [-0.05, 0) is 77.7 Å². The largest absolute Gasteiger partial charge is 0.497 e. The third-order valence-corrected chi connectivity index (χ3v) is 10.1. The van der Waals surface area contributed by atoms with Gasteiger partial charge in [0.05, 0.1) is 102 Å². The number of aliphatic hydroxyl groups is 1. The lowest BCUT2D eigenvalue weighted by atomic mass is 10.2. The van der Waals surface area contributed by atoms with Crippen molar-refractivity contribution in [2.75, 3.05) is 62.6 Å². The second-order valence-electron chi connectivity index (χ2n) is 14.7. The number of benzene rings is 4. The lowest BCUT2D eigenvalue weighted by Crippen LogP contribution is -2.15. The van der Waals surface area contributed by atoms with Gasteiger partial charge in [-0.1, -0.05) is 34.2 Å². The van der Waals surface area contributed by atoms with Crippen LogP contribution in [0.4, 0.5) is 63.1 Å². The number of rotatable bonds is 11. The number of hydrogen-bond donors (Lipinski definition) is 6. The molecule has 0 atom stereocenters. The zero-order valence-electron chi connectivity index (χ0n) is 45.2. The van der Waals surface area contributed by atoms with Crippen molar-refractivity contribution < 1.29 is 52.8 Å². The molecule has 8 N–H and O–H groups in total. The average Bonchev–Trinajstić information content (AvgIpc) is 3.92. The molecule has 0 unspecified atom stereocenters. The summed E-state index contributed by atoms with van der Waals surface area (Å²) in [6.45, 7) is 1.43. The standard InChI is InChI=1S/C13H10FN3O2.C12H10FN3O3.C12H12FN3O.C7H8FNO.C5H3ClN2O2.C2H3N.CH3I.CH4O/c1-19-8-2-3-11(9(14)6-8)17-12-4-5-15-7-10(12)16-13(17)18;1-19-8-2-3-10(9(13)6-8)15-11-4-5-14-7-12(11)16(17)18;1-17-8-2-3-11(9(13)6-8)16-12-4-5-15-7-10(12)14;1-10-5-2-3-7(9)6(8)4-5;6-4-1-2-7-3-5(4)8(9)10;1-2-3;2*1-2/h2-7H,1H3,(H,16,18);2-7H,1H3,(H,14,15);2-7H,14H2,1H3,(H,15,16);2-4H,9H2,1H3;1-3H;1H3;1H3;2H,1H3/i;;;;;;1D;. The van der Waals surface area contributed by atoms with Crippen LogP contribution in [0.3, 0.4) is 0 Å². The summed E-state index contributed by atoms with van der Waals surface area (Å²) in [5.74, 6) is -0.227.